The van der Waals surface area contributed by atoms with Crippen LogP contribution in [0.4, 0.5) is 5.69 Å². The Hall–Kier alpha value is -2.05. The highest BCUT2D eigenvalue weighted by Crippen LogP contribution is 2.27. The van der Waals surface area contributed by atoms with E-state index in [2.05, 4.69) is 21.2 Å². The van der Waals surface area contributed by atoms with Crippen LogP contribution in [-0.2, 0) is 4.79 Å². The maximum atomic E-state index is 11.8. The van der Waals surface area contributed by atoms with Gasteiger partial charge in [-0.3, -0.25) is 4.79 Å². The summed E-state index contributed by atoms with van der Waals surface area (Å²) in [6.07, 6.45) is 0. The largest absolute Gasteiger partial charge is 0.483 e. The van der Waals surface area contributed by atoms with E-state index in [1.807, 2.05) is 0 Å². The molecule has 0 saturated carbocycles. The molecule has 0 fully saturated rings. The Morgan fingerprint density at radius 2 is 2.00 bits per heavy atom. The van der Waals surface area contributed by atoms with Gasteiger partial charge in [0, 0.05) is 10.7 Å². The second-order valence-electron chi connectivity index (χ2n) is 4.30. The van der Waals surface area contributed by atoms with Crippen molar-refractivity contribution in [3.8, 4) is 5.75 Å². The van der Waals surface area contributed by atoms with E-state index in [4.69, 9.17) is 21.4 Å². The van der Waals surface area contributed by atoms with Crippen molar-refractivity contribution in [1.29, 1.82) is 0 Å². The standard InChI is InChI=1S/C15H11BrClNO4/c16-12-7-10(17)4-5-13(12)22-8-14(19)18-11-3-1-2-9(6-11)15(20)21/h1-7H,8H2,(H,18,19)(H,20,21). The van der Waals surface area contributed by atoms with Gasteiger partial charge in [0.15, 0.2) is 6.61 Å². The molecule has 2 N–H and O–H groups in total. The summed E-state index contributed by atoms with van der Waals surface area (Å²) < 4.78 is 6.01. The lowest BCUT2D eigenvalue weighted by molar-refractivity contribution is -0.118. The Labute approximate surface area is 140 Å². The summed E-state index contributed by atoms with van der Waals surface area (Å²) in [5, 5.41) is 12.0. The number of carboxylic acid groups (broad SMARTS) is 1. The fraction of sp³-hybridized carbons (Fsp3) is 0.0667. The molecular formula is C15H11BrClNO4. The van der Waals surface area contributed by atoms with Crippen molar-refractivity contribution in [1.82, 2.24) is 0 Å². The zero-order chi connectivity index (χ0) is 16.1. The maximum Gasteiger partial charge on any atom is 0.335 e. The Morgan fingerprint density at radius 1 is 1.23 bits per heavy atom. The topological polar surface area (TPSA) is 75.6 Å². The van der Waals surface area contributed by atoms with E-state index in [1.54, 1.807) is 30.3 Å². The van der Waals surface area contributed by atoms with Crippen LogP contribution < -0.4 is 10.1 Å². The fourth-order valence-electron chi connectivity index (χ4n) is 1.66. The Bertz CT molecular complexity index is 720. The number of halogens is 2. The first kappa shape index (κ1) is 16.3. The quantitative estimate of drug-likeness (QED) is 0.822. The summed E-state index contributed by atoms with van der Waals surface area (Å²) in [5.41, 5.74) is 0.489. The van der Waals surface area contributed by atoms with Crippen LogP contribution >= 0.6 is 27.5 Å². The molecule has 2 aromatic carbocycles. The van der Waals surface area contributed by atoms with Crippen LogP contribution in [0.1, 0.15) is 10.4 Å². The summed E-state index contributed by atoms with van der Waals surface area (Å²) in [7, 11) is 0. The molecule has 0 aromatic heterocycles. The molecule has 114 valence electrons. The summed E-state index contributed by atoms with van der Waals surface area (Å²) in [6, 6.07) is 10.9. The van der Waals surface area contributed by atoms with Gasteiger partial charge in [-0.25, -0.2) is 4.79 Å². The number of ether oxygens (including phenoxy) is 1. The molecule has 0 bridgehead atoms. The summed E-state index contributed by atoms with van der Waals surface area (Å²) in [4.78, 5) is 22.7. The second-order valence-corrected chi connectivity index (χ2v) is 5.59. The van der Waals surface area contributed by atoms with Crippen molar-refractivity contribution in [3.05, 3.63) is 57.5 Å². The molecule has 0 saturated heterocycles. The van der Waals surface area contributed by atoms with Crippen molar-refractivity contribution in [2.75, 3.05) is 11.9 Å². The van der Waals surface area contributed by atoms with Gasteiger partial charge in [0.25, 0.3) is 5.91 Å². The molecule has 0 aliphatic carbocycles. The van der Waals surface area contributed by atoms with E-state index < -0.39 is 11.9 Å². The van der Waals surface area contributed by atoms with Crippen LogP contribution in [0.25, 0.3) is 0 Å². The van der Waals surface area contributed by atoms with Crippen LogP contribution in [0.15, 0.2) is 46.9 Å². The lowest BCUT2D eigenvalue weighted by Gasteiger charge is -2.09. The predicted octanol–water partition coefficient (Wildman–Crippen LogP) is 3.82. The molecule has 0 heterocycles. The van der Waals surface area contributed by atoms with Gasteiger partial charge in [-0.05, 0) is 52.3 Å². The van der Waals surface area contributed by atoms with E-state index in [-0.39, 0.29) is 12.2 Å². The number of rotatable bonds is 5. The summed E-state index contributed by atoms with van der Waals surface area (Å²) >= 11 is 9.10. The zero-order valence-electron chi connectivity index (χ0n) is 11.2. The number of carbonyl (C=O) groups is 2. The molecule has 0 spiro atoms. The second kappa shape index (κ2) is 7.29. The number of hydrogen-bond acceptors (Lipinski definition) is 3. The van der Waals surface area contributed by atoms with Crippen LogP contribution in [0, 0.1) is 0 Å². The van der Waals surface area contributed by atoms with Gasteiger partial charge in [0.2, 0.25) is 0 Å². The Kier molecular flexibility index (Phi) is 5.41. The molecule has 1 amide bonds. The number of carbonyl (C=O) groups excluding carboxylic acids is 1. The third-order valence-corrected chi connectivity index (χ3v) is 3.50. The maximum absolute atomic E-state index is 11.8. The Balaban J connectivity index is 1.95. The van der Waals surface area contributed by atoms with Gasteiger partial charge < -0.3 is 15.2 Å². The molecule has 2 aromatic rings. The molecule has 7 heteroatoms. The minimum absolute atomic E-state index is 0.0964. The molecule has 2 rings (SSSR count). The molecule has 0 unspecified atom stereocenters. The first-order valence-corrected chi connectivity index (χ1v) is 7.34. The number of benzene rings is 2. The highest BCUT2D eigenvalue weighted by molar-refractivity contribution is 9.10. The average molecular weight is 385 g/mol. The Morgan fingerprint density at radius 3 is 2.68 bits per heavy atom. The van der Waals surface area contributed by atoms with Gasteiger partial charge in [0.05, 0.1) is 10.0 Å². The average Bonchev–Trinajstić information content (AvgIpc) is 2.46. The lowest BCUT2D eigenvalue weighted by atomic mass is 10.2. The predicted molar refractivity (Wildman–Crippen MR) is 86.7 cm³/mol. The summed E-state index contributed by atoms with van der Waals surface area (Å²) in [5.74, 6) is -0.972. The number of aromatic carboxylic acids is 1. The molecule has 0 aliphatic heterocycles. The number of amides is 1. The fourth-order valence-corrected chi connectivity index (χ4v) is 2.46. The molecule has 0 atom stereocenters. The molecule has 22 heavy (non-hydrogen) atoms. The minimum Gasteiger partial charge on any atom is -0.483 e. The minimum atomic E-state index is -1.06. The van der Waals surface area contributed by atoms with E-state index in [0.29, 0.717) is 20.9 Å². The van der Waals surface area contributed by atoms with Crippen LogP contribution in [0.3, 0.4) is 0 Å². The van der Waals surface area contributed by atoms with Crippen molar-refractivity contribution in [3.63, 3.8) is 0 Å². The number of hydrogen-bond donors (Lipinski definition) is 2. The highest BCUT2D eigenvalue weighted by Gasteiger charge is 2.08. The highest BCUT2D eigenvalue weighted by atomic mass is 79.9. The van der Waals surface area contributed by atoms with Crippen LogP contribution in [0.5, 0.6) is 5.75 Å². The van der Waals surface area contributed by atoms with Gasteiger partial charge in [0.1, 0.15) is 5.75 Å². The SMILES string of the molecule is O=C(COc1ccc(Cl)cc1Br)Nc1cccc(C(=O)O)c1. The monoisotopic (exact) mass is 383 g/mol. The third-order valence-electron chi connectivity index (χ3n) is 2.65. The first-order chi connectivity index (χ1) is 10.5. The van der Waals surface area contributed by atoms with E-state index in [1.165, 1.54) is 12.1 Å². The molecule has 0 aliphatic rings. The molecule has 0 radical (unpaired) electrons. The molecular weight excluding hydrogens is 374 g/mol. The molecule has 5 nitrogen and oxygen atoms in total. The zero-order valence-corrected chi connectivity index (χ0v) is 13.5. The smallest absolute Gasteiger partial charge is 0.335 e. The van der Waals surface area contributed by atoms with Crippen molar-refractivity contribution in [2.45, 2.75) is 0 Å². The normalized spacial score (nSPS) is 10.1. The number of nitrogens with one attached hydrogen (secondary N) is 1. The number of anilines is 1. The van der Waals surface area contributed by atoms with Crippen molar-refractivity contribution in [2.24, 2.45) is 0 Å². The van der Waals surface area contributed by atoms with E-state index in [9.17, 15) is 9.59 Å². The van der Waals surface area contributed by atoms with E-state index in [0.717, 1.165) is 0 Å². The van der Waals surface area contributed by atoms with Gasteiger partial charge in [-0.15, -0.1) is 0 Å². The lowest BCUT2D eigenvalue weighted by Crippen LogP contribution is -2.20. The van der Waals surface area contributed by atoms with Gasteiger partial charge in [-0.2, -0.15) is 0 Å². The van der Waals surface area contributed by atoms with Crippen LogP contribution in [0.2, 0.25) is 5.02 Å². The first-order valence-electron chi connectivity index (χ1n) is 6.17. The van der Waals surface area contributed by atoms with E-state index >= 15 is 0 Å². The third kappa shape index (κ3) is 4.47. The van der Waals surface area contributed by atoms with Gasteiger partial charge >= 0.3 is 5.97 Å². The van der Waals surface area contributed by atoms with Crippen LogP contribution in [-0.4, -0.2) is 23.6 Å². The summed E-state index contributed by atoms with van der Waals surface area (Å²) in [6.45, 7) is -0.211. The van der Waals surface area contributed by atoms with Crippen molar-refractivity contribution < 1.29 is 19.4 Å². The van der Waals surface area contributed by atoms with Gasteiger partial charge in [-0.1, -0.05) is 17.7 Å². The van der Waals surface area contributed by atoms with Crippen molar-refractivity contribution >= 4 is 45.1 Å². The number of carboxylic acids is 1.